The molecule has 2 amide bonds. The minimum atomic E-state index is -0.816. The van der Waals surface area contributed by atoms with Gasteiger partial charge >= 0.3 is 12.0 Å². The normalized spacial score (nSPS) is 27.9. The fourth-order valence-corrected chi connectivity index (χ4v) is 3.23. The van der Waals surface area contributed by atoms with Crippen LogP contribution < -0.4 is 5.32 Å². The van der Waals surface area contributed by atoms with Crippen LogP contribution >= 0.6 is 0 Å². The first kappa shape index (κ1) is 12.9. The highest BCUT2D eigenvalue weighted by Gasteiger charge is 2.51. The Labute approximate surface area is 115 Å². The van der Waals surface area contributed by atoms with Gasteiger partial charge in [0.25, 0.3) is 0 Å². The molecular formula is C12H16N4O4. The van der Waals surface area contributed by atoms with Crippen LogP contribution in [0.5, 0.6) is 0 Å². The summed E-state index contributed by atoms with van der Waals surface area (Å²) in [7, 11) is 0. The van der Waals surface area contributed by atoms with Crippen LogP contribution in [0.2, 0.25) is 0 Å². The molecule has 3 rings (SSSR count). The van der Waals surface area contributed by atoms with E-state index in [4.69, 9.17) is 9.63 Å². The second-order valence-corrected chi connectivity index (χ2v) is 5.27. The van der Waals surface area contributed by atoms with E-state index in [1.807, 2.05) is 0 Å². The lowest BCUT2D eigenvalue weighted by Crippen LogP contribution is -2.44. The van der Waals surface area contributed by atoms with Gasteiger partial charge < -0.3 is 19.8 Å². The zero-order valence-corrected chi connectivity index (χ0v) is 11.1. The van der Waals surface area contributed by atoms with Crippen molar-refractivity contribution >= 4 is 12.0 Å². The van der Waals surface area contributed by atoms with Gasteiger partial charge in [0.1, 0.15) is 0 Å². The summed E-state index contributed by atoms with van der Waals surface area (Å²) in [4.78, 5) is 29.0. The molecule has 2 saturated heterocycles. The third kappa shape index (κ3) is 2.10. The summed E-state index contributed by atoms with van der Waals surface area (Å²) in [6.45, 7) is 1.86. The van der Waals surface area contributed by atoms with Gasteiger partial charge in [-0.15, -0.1) is 0 Å². The molecule has 0 saturated carbocycles. The first-order chi connectivity index (χ1) is 9.56. The van der Waals surface area contributed by atoms with E-state index in [0.717, 1.165) is 12.8 Å². The van der Waals surface area contributed by atoms with Crippen LogP contribution in [0, 0.1) is 12.8 Å². The number of aliphatic carboxylic acids is 1. The Morgan fingerprint density at radius 3 is 2.90 bits per heavy atom. The second kappa shape index (κ2) is 4.77. The molecule has 2 bridgehead atoms. The number of urea groups is 1. The summed E-state index contributed by atoms with van der Waals surface area (Å²) >= 11 is 0. The minimum absolute atomic E-state index is 0.0353. The van der Waals surface area contributed by atoms with Crippen molar-refractivity contribution in [3.63, 3.8) is 0 Å². The number of nitrogens with one attached hydrogen (secondary N) is 1. The predicted molar refractivity (Wildman–Crippen MR) is 65.7 cm³/mol. The lowest BCUT2D eigenvalue weighted by atomic mass is 9.89. The largest absolute Gasteiger partial charge is 0.481 e. The van der Waals surface area contributed by atoms with E-state index >= 15 is 0 Å². The van der Waals surface area contributed by atoms with E-state index < -0.39 is 11.9 Å². The number of carboxylic acid groups (broad SMARTS) is 1. The van der Waals surface area contributed by atoms with Gasteiger partial charge in [0.15, 0.2) is 5.82 Å². The van der Waals surface area contributed by atoms with Gasteiger partial charge in [-0.05, 0) is 19.3 Å². The molecule has 8 heteroatoms. The Kier molecular flexibility index (Phi) is 3.07. The molecule has 3 unspecified atom stereocenters. The van der Waals surface area contributed by atoms with Crippen molar-refractivity contribution < 1.29 is 19.2 Å². The topological polar surface area (TPSA) is 109 Å². The Morgan fingerprint density at radius 1 is 1.50 bits per heavy atom. The maximum absolute atomic E-state index is 12.2. The van der Waals surface area contributed by atoms with Gasteiger partial charge in [-0.3, -0.25) is 4.79 Å². The summed E-state index contributed by atoms with van der Waals surface area (Å²) < 4.78 is 4.82. The van der Waals surface area contributed by atoms with E-state index in [1.54, 1.807) is 11.8 Å². The molecule has 2 fully saturated rings. The van der Waals surface area contributed by atoms with Crippen LogP contribution in [-0.4, -0.2) is 44.2 Å². The van der Waals surface area contributed by atoms with Crippen molar-refractivity contribution in [2.45, 2.75) is 44.8 Å². The molecule has 0 radical (unpaired) electrons. The van der Waals surface area contributed by atoms with Gasteiger partial charge in [-0.25, -0.2) is 4.79 Å². The quantitative estimate of drug-likeness (QED) is 0.835. The molecule has 2 N–H and O–H groups in total. The van der Waals surface area contributed by atoms with E-state index in [1.165, 1.54) is 0 Å². The SMILES string of the molecule is Cc1nc(CNC(=O)N2C3CCC2C(C(=O)O)C3)no1. The minimum Gasteiger partial charge on any atom is -0.481 e. The molecule has 3 atom stereocenters. The first-order valence-electron chi connectivity index (χ1n) is 6.64. The number of nitrogens with zero attached hydrogens (tertiary/aromatic N) is 3. The average molecular weight is 280 g/mol. The molecule has 3 heterocycles. The highest BCUT2D eigenvalue weighted by Crippen LogP contribution is 2.41. The van der Waals surface area contributed by atoms with Gasteiger partial charge in [-0.1, -0.05) is 5.16 Å². The zero-order chi connectivity index (χ0) is 14.3. The zero-order valence-electron chi connectivity index (χ0n) is 11.1. The molecule has 0 aromatic carbocycles. The van der Waals surface area contributed by atoms with Crippen LogP contribution in [0.15, 0.2) is 4.52 Å². The fourth-order valence-electron chi connectivity index (χ4n) is 3.23. The molecule has 108 valence electrons. The number of amides is 2. The van der Waals surface area contributed by atoms with Crippen LogP contribution in [0.4, 0.5) is 4.79 Å². The summed E-state index contributed by atoms with van der Waals surface area (Å²) in [5, 5.41) is 15.6. The molecule has 20 heavy (non-hydrogen) atoms. The number of rotatable bonds is 3. The number of hydrogen-bond donors (Lipinski definition) is 2. The van der Waals surface area contributed by atoms with Gasteiger partial charge in [-0.2, -0.15) is 4.98 Å². The van der Waals surface area contributed by atoms with Crippen LogP contribution in [0.25, 0.3) is 0 Å². The predicted octanol–water partition coefficient (Wildman–Crippen LogP) is 0.525. The summed E-state index contributed by atoms with van der Waals surface area (Å²) in [5.74, 6) is -0.394. The van der Waals surface area contributed by atoms with Crippen molar-refractivity contribution in [3.05, 3.63) is 11.7 Å². The van der Waals surface area contributed by atoms with E-state index in [-0.39, 0.29) is 24.7 Å². The summed E-state index contributed by atoms with van der Waals surface area (Å²) in [6.07, 6.45) is 2.19. The van der Waals surface area contributed by atoms with Crippen LogP contribution in [0.1, 0.15) is 31.0 Å². The number of hydrogen-bond acceptors (Lipinski definition) is 5. The van der Waals surface area contributed by atoms with E-state index in [0.29, 0.717) is 18.1 Å². The highest BCUT2D eigenvalue weighted by atomic mass is 16.5. The maximum atomic E-state index is 12.2. The fraction of sp³-hybridized carbons (Fsp3) is 0.667. The Bertz CT molecular complexity index is 543. The van der Waals surface area contributed by atoms with Crippen molar-refractivity contribution in [1.29, 1.82) is 0 Å². The van der Waals surface area contributed by atoms with Gasteiger partial charge in [0.05, 0.1) is 12.5 Å². The van der Waals surface area contributed by atoms with E-state index in [9.17, 15) is 9.59 Å². The van der Waals surface area contributed by atoms with Crippen LogP contribution in [-0.2, 0) is 11.3 Å². The van der Waals surface area contributed by atoms with E-state index in [2.05, 4.69) is 15.5 Å². The third-order valence-corrected chi connectivity index (χ3v) is 4.06. The Balaban J connectivity index is 1.62. The lowest BCUT2D eigenvalue weighted by molar-refractivity contribution is -0.142. The standard InChI is InChI=1S/C12H16N4O4/c1-6-14-10(15-20-6)5-13-12(19)16-7-2-3-9(16)8(4-7)11(17)18/h7-9H,2-5H2,1H3,(H,13,19)(H,17,18). The second-order valence-electron chi connectivity index (χ2n) is 5.27. The molecule has 1 aromatic rings. The van der Waals surface area contributed by atoms with Crippen molar-refractivity contribution in [1.82, 2.24) is 20.4 Å². The lowest BCUT2D eigenvalue weighted by Gasteiger charge is -2.23. The van der Waals surface area contributed by atoms with Gasteiger partial charge in [0.2, 0.25) is 5.89 Å². The number of aryl methyl sites for hydroxylation is 1. The van der Waals surface area contributed by atoms with Gasteiger partial charge in [0, 0.05) is 19.0 Å². The van der Waals surface area contributed by atoms with Crippen LogP contribution in [0.3, 0.4) is 0 Å². The number of carbonyl (C=O) groups is 2. The number of carboxylic acids is 1. The third-order valence-electron chi connectivity index (χ3n) is 4.06. The summed E-state index contributed by atoms with van der Waals surface area (Å²) in [5.41, 5.74) is 0. The molecule has 2 aliphatic rings. The number of fused-ring (bicyclic) bond motifs is 2. The summed E-state index contributed by atoms with van der Waals surface area (Å²) in [6, 6.07) is -0.402. The molecule has 2 aliphatic heterocycles. The molecule has 0 aliphatic carbocycles. The monoisotopic (exact) mass is 280 g/mol. The van der Waals surface area contributed by atoms with Crippen molar-refractivity contribution in [3.8, 4) is 0 Å². The molecule has 0 spiro atoms. The number of carbonyl (C=O) groups excluding carboxylic acids is 1. The molecule has 8 nitrogen and oxygen atoms in total. The molecular weight excluding hydrogens is 264 g/mol. The van der Waals surface area contributed by atoms with Crippen molar-refractivity contribution in [2.24, 2.45) is 5.92 Å². The Morgan fingerprint density at radius 2 is 2.30 bits per heavy atom. The smallest absolute Gasteiger partial charge is 0.318 e. The maximum Gasteiger partial charge on any atom is 0.318 e. The highest BCUT2D eigenvalue weighted by molar-refractivity contribution is 5.79. The first-order valence-corrected chi connectivity index (χ1v) is 6.64. The molecule has 1 aromatic heterocycles. The number of aromatic nitrogens is 2. The average Bonchev–Trinajstić information content (AvgIpc) is 3.09. The van der Waals surface area contributed by atoms with Crippen molar-refractivity contribution in [2.75, 3.05) is 0 Å². The Hall–Kier alpha value is -2.12.